The summed E-state index contributed by atoms with van der Waals surface area (Å²) < 4.78 is 18.4. The first-order valence-electron chi connectivity index (χ1n) is 5.61. The van der Waals surface area contributed by atoms with Crippen molar-refractivity contribution in [3.8, 4) is 5.75 Å². The first-order valence-corrected chi connectivity index (χ1v) is 5.61. The molecule has 88 valence electrons. The molecule has 1 N–H and O–H groups in total. The standard InChI is InChI=1S/C13H17FO2/c1-9-5-6-13(15,8-9)10-3-4-12(16-2)11(14)7-10/h3-4,7,9,15H,5-6,8H2,1-2H3. The lowest BCUT2D eigenvalue weighted by Crippen LogP contribution is -2.21. The summed E-state index contributed by atoms with van der Waals surface area (Å²) in [5.74, 6) is 0.307. The van der Waals surface area contributed by atoms with Crippen molar-refractivity contribution in [1.29, 1.82) is 0 Å². The summed E-state index contributed by atoms with van der Waals surface area (Å²) in [6, 6.07) is 4.71. The van der Waals surface area contributed by atoms with Crippen LogP contribution in [-0.4, -0.2) is 12.2 Å². The maximum Gasteiger partial charge on any atom is 0.165 e. The van der Waals surface area contributed by atoms with Crippen LogP contribution in [0.5, 0.6) is 5.75 Å². The first-order chi connectivity index (χ1) is 7.55. The van der Waals surface area contributed by atoms with E-state index in [-0.39, 0.29) is 5.75 Å². The van der Waals surface area contributed by atoms with Crippen molar-refractivity contribution >= 4 is 0 Å². The van der Waals surface area contributed by atoms with Crippen LogP contribution in [0.2, 0.25) is 0 Å². The number of hydrogen-bond donors (Lipinski definition) is 1. The fourth-order valence-electron chi connectivity index (χ4n) is 2.48. The number of rotatable bonds is 2. The van der Waals surface area contributed by atoms with E-state index in [1.165, 1.54) is 13.2 Å². The Morgan fingerprint density at radius 1 is 1.50 bits per heavy atom. The fraction of sp³-hybridized carbons (Fsp3) is 0.538. The Morgan fingerprint density at radius 3 is 2.75 bits per heavy atom. The van der Waals surface area contributed by atoms with E-state index in [4.69, 9.17) is 4.74 Å². The summed E-state index contributed by atoms with van der Waals surface area (Å²) in [6.45, 7) is 2.11. The summed E-state index contributed by atoms with van der Waals surface area (Å²) in [5.41, 5.74) is -0.192. The lowest BCUT2D eigenvalue weighted by Gasteiger charge is -2.23. The second-order valence-corrected chi connectivity index (χ2v) is 4.73. The van der Waals surface area contributed by atoms with Gasteiger partial charge in [-0.1, -0.05) is 13.0 Å². The van der Waals surface area contributed by atoms with E-state index in [1.54, 1.807) is 12.1 Å². The van der Waals surface area contributed by atoms with Crippen molar-refractivity contribution in [1.82, 2.24) is 0 Å². The first kappa shape index (κ1) is 11.4. The number of halogens is 1. The molecule has 1 aliphatic carbocycles. The summed E-state index contributed by atoms with van der Waals surface area (Å²) in [7, 11) is 1.43. The zero-order valence-electron chi connectivity index (χ0n) is 9.66. The van der Waals surface area contributed by atoms with Gasteiger partial charge in [-0.2, -0.15) is 0 Å². The molecule has 0 heterocycles. The van der Waals surface area contributed by atoms with E-state index in [0.29, 0.717) is 24.3 Å². The minimum absolute atomic E-state index is 0.221. The SMILES string of the molecule is COc1ccc(C2(O)CCC(C)C2)cc1F. The van der Waals surface area contributed by atoms with Gasteiger partial charge in [-0.05, 0) is 42.9 Å². The van der Waals surface area contributed by atoms with E-state index in [9.17, 15) is 9.50 Å². The summed E-state index contributed by atoms with van der Waals surface area (Å²) in [5, 5.41) is 10.4. The second kappa shape index (κ2) is 4.06. The molecule has 0 aromatic heterocycles. The van der Waals surface area contributed by atoms with Crippen molar-refractivity contribution in [3.63, 3.8) is 0 Å². The van der Waals surface area contributed by atoms with Crippen LogP contribution in [-0.2, 0) is 5.60 Å². The zero-order chi connectivity index (χ0) is 11.8. The Labute approximate surface area is 95.1 Å². The van der Waals surface area contributed by atoms with Crippen LogP contribution in [0.25, 0.3) is 0 Å². The van der Waals surface area contributed by atoms with Crippen LogP contribution >= 0.6 is 0 Å². The van der Waals surface area contributed by atoms with E-state index < -0.39 is 11.4 Å². The van der Waals surface area contributed by atoms with Gasteiger partial charge in [0.2, 0.25) is 0 Å². The van der Waals surface area contributed by atoms with Crippen LogP contribution in [0.3, 0.4) is 0 Å². The van der Waals surface area contributed by atoms with Gasteiger partial charge >= 0.3 is 0 Å². The van der Waals surface area contributed by atoms with Crippen molar-refractivity contribution in [3.05, 3.63) is 29.6 Å². The topological polar surface area (TPSA) is 29.5 Å². The average molecular weight is 224 g/mol. The van der Waals surface area contributed by atoms with Gasteiger partial charge in [0.05, 0.1) is 12.7 Å². The third kappa shape index (κ3) is 1.92. The quantitative estimate of drug-likeness (QED) is 0.837. The summed E-state index contributed by atoms with van der Waals surface area (Å²) in [6.07, 6.45) is 2.41. The smallest absolute Gasteiger partial charge is 0.165 e. The normalized spacial score (nSPS) is 29.4. The maximum atomic E-state index is 13.5. The van der Waals surface area contributed by atoms with Crippen LogP contribution < -0.4 is 4.74 Å². The Hall–Kier alpha value is -1.09. The molecule has 0 bridgehead atoms. The van der Waals surface area contributed by atoms with Crippen LogP contribution in [0, 0.1) is 11.7 Å². The minimum atomic E-state index is -0.855. The molecule has 3 heteroatoms. The van der Waals surface area contributed by atoms with Crippen molar-refractivity contribution in [2.24, 2.45) is 5.92 Å². The van der Waals surface area contributed by atoms with Gasteiger partial charge in [-0.15, -0.1) is 0 Å². The van der Waals surface area contributed by atoms with Crippen molar-refractivity contribution < 1.29 is 14.2 Å². The van der Waals surface area contributed by atoms with E-state index >= 15 is 0 Å². The van der Waals surface area contributed by atoms with Crippen LogP contribution in [0.15, 0.2) is 18.2 Å². The van der Waals surface area contributed by atoms with Gasteiger partial charge in [0.15, 0.2) is 11.6 Å². The Morgan fingerprint density at radius 2 is 2.25 bits per heavy atom. The average Bonchev–Trinajstić information content (AvgIpc) is 2.60. The molecule has 1 fully saturated rings. The molecule has 1 saturated carbocycles. The largest absolute Gasteiger partial charge is 0.494 e. The number of hydrogen-bond acceptors (Lipinski definition) is 2. The fourth-order valence-corrected chi connectivity index (χ4v) is 2.48. The molecule has 2 rings (SSSR count). The van der Waals surface area contributed by atoms with E-state index in [1.807, 2.05) is 0 Å². The highest BCUT2D eigenvalue weighted by molar-refractivity contribution is 5.33. The number of methoxy groups -OCH3 is 1. The molecule has 0 spiro atoms. The van der Waals surface area contributed by atoms with Gasteiger partial charge in [0.25, 0.3) is 0 Å². The molecule has 2 unspecified atom stereocenters. The number of aliphatic hydroxyl groups is 1. The molecule has 1 aromatic rings. The lowest BCUT2D eigenvalue weighted by atomic mass is 9.91. The Balaban J connectivity index is 2.31. The number of benzene rings is 1. The highest BCUT2D eigenvalue weighted by Gasteiger charge is 2.37. The third-order valence-electron chi connectivity index (χ3n) is 3.43. The molecule has 1 aromatic carbocycles. The molecule has 1 aliphatic rings. The lowest BCUT2D eigenvalue weighted by molar-refractivity contribution is 0.0404. The molecular formula is C13H17FO2. The van der Waals surface area contributed by atoms with Gasteiger partial charge in [-0.3, -0.25) is 0 Å². The Bertz CT molecular complexity index is 392. The van der Waals surface area contributed by atoms with Gasteiger partial charge < -0.3 is 9.84 Å². The molecule has 2 atom stereocenters. The van der Waals surface area contributed by atoms with Crippen molar-refractivity contribution in [2.75, 3.05) is 7.11 Å². The molecule has 0 aliphatic heterocycles. The predicted molar refractivity (Wildman–Crippen MR) is 59.9 cm³/mol. The Kier molecular flexibility index (Phi) is 2.89. The van der Waals surface area contributed by atoms with Gasteiger partial charge in [-0.25, -0.2) is 4.39 Å². The monoisotopic (exact) mass is 224 g/mol. The van der Waals surface area contributed by atoms with E-state index in [2.05, 4.69) is 6.92 Å². The van der Waals surface area contributed by atoms with Gasteiger partial charge in [0, 0.05) is 0 Å². The maximum absolute atomic E-state index is 13.5. The third-order valence-corrected chi connectivity index (χ3v) is 3.43. The van der Waals surface area contributed by atoms with Crippen LogP contribution in [0.4, 0.5) is 4.39 Å². The minimum Gasteiger partial charge on any atom is -0.494 e. The molecule has 16 heavy (non-hydrogen) atoms. The molecular weight excluding hydrogens is 207 g/mol. The second-order valence-electron chi connectivity index (χ2n) is 4.73. The van der Waals surface area contributed by atoms with E-state index in [0.717, 1.165) is 6.42 Å². The van der Waals surface area contributed by atoms with Crippen molar-refractivity contribution in [2.45, 2.75) is 31.8 Å². The predicted octanol–water partition coefficient (Wildman–Crippen LogP) is 2.84. The van der Waals surface area contributed by atoms with Crippen LogP contribution in [0.1, 0.15) is 31.7 Å². The zero-order valence-corrected chi connectivity index (χ0v) is 9.66. The molecule has 0 amide bonds. The van der Waals surface area contributed by atoms with Gasteiger partial charge in [0.1, 0.15) is 0 Å². The molecule has 0 radical (unpaired) electrons. The highest BCUT2D eigenvalue weighted by atomic mass is 19.1. The summed E-state index contributed by atoms with van der Waals surface area (Å²) >= 11 is 0. The number of ether oxygens (including phenoxy) is 1. The molecule has 2 nitrogen and oxygen atoms in total. The highest BCUT2D eigenvalue weighted by Crippen LogP contribution is 2.42. The summed E-state index contributed by atoms with van der Waals surface area (Å²) in [4.78, 5) is 0. The molecule has 0 saturated heterocycles.